The summed E-state index contributed by atoms with van der Waals surface area (Å²) < 4.78 is 18.3. The minimum Gasteiger partial charge on any atom is -0.465 e. The van der Waals surface area contributed by atoms with Crippen LogP contribution in [0.15, 0.2) is 24.3 Å². The number of hydrogen-bond acceptors (Lipinski definition) is 5. The lowest BCUT2D eigenvalue weighted by molar-refractivity contribution is 0.0601. The second-order valence-electron chi connectivity index (χ2n) is 4.60. The monoisotopic (exact) mass is 333 g/mol. The maximum absolute atomic E-state index is 13.6. The molecule has 5 nitrogen and oxygen atoms in total. The molecule has 118 valence electrons. The molecule has 0 atom stereocenters. The summed E-state index contributed by atoms with van der Waals surface area (Å²) in [7, 11) is 1.20. The zero-order valence-electron chi connectivity index (χ0n) is 12.5. The molecule has 0 radical (unpaired) electrons. The lowest BCUT2D eigenvalue weighted by atomic mass is 10.1. The number of benzene rings is 1. The number of carbonyl (C=O) groups is 1. The molecule has 0 saturated heterocycles. The van der Waals surface area contributed by atoms with Gasteiger partial charge in [0, 0.05) is 5.69 Å². The Balaban J connectivity index is 2.53. The van der Waals surface area contributed by atoms with Gasteiger partial charge >= 0.3 is 5.97 Å². The van der Waals surface area contributed by atoms with E-state index in [1.165, 1.54) is 25.3 Å². The van der Waals surface area contributed by atoms with E-state index in [-0.39, 0.29) is 27.9 Å². The van der Waals surface area contributed by atoms with Crippen molar-refractivity contribution in [2.24, 2.45) is 0 Å². The van der Waals surface area contributed by atoms with E-state index in [0.717, 1.165) is 0 Å². The molecule has 0 amide bonds. The summed E-state index contributed by atoms with van der Waals surface area (Å²) in [5.74, 6) is -0.955. The Labute approximate surface area is 137 Å². The quantitative estimate of drug-likeness (QED) is 0.679. The smallest absolute Gasteiger partial charge is 0.343 e. The van der Waals surface area contributed by atoms with Crippen LogP contribution in [0, 0.1) is 17.1 Å². The highest BCUT2D eigenvalue weighted by Gasteiger charge is 2.20. The van der Waals surface area contributed by atoms with Gasteiger partial charge in [-0.05, 0) is 36.2 Å². The lowest BCUT2D eigenvalue weighted by Gasteiger charge is -2.12. The SMILES string of the molecule is CCc1cc(Nc2nc(Cl)cc(C#N)c2C(=O)OC)ccc1F. The van der Waals surface area contributed by atoms with Crippen molar-refractivity contribution in [1.82, 2.24) is 4.98 Å². The van der Waals surface area contributed by atoms with Gasteiger partial charge in [-0.2, -0.15) is 5.26 Å². The number of methoxy groups -OCH3 is 1. The Morgan fingerprint density at radius 1 is 1.48 bits per heavy atom. The van der Waals surface area contributed by atoms with Gasteiger partial charge in [0.05, 0.1) is 12.7 Å². The number of halogens is 2. The fourth-order valence-electron chi connectivity index (χ4n) is 2.06. The van der Waals surface area contributed by atoms with Crippen LogP contribution in [0.1, 0.15) is 28.4 Å². The van der Waals surface area contributed by atoms with Gasteiger partial charge in [0.25, 0.3) is 0 Å². The van der Waals surface area contributed by atoms with Gasteiger partial charge in [-0.25, -0.2) is 14.2 Å². The van der Waals surface area contributed by atoms with Gasteiger partial charge in [-0.1, -0.05) is 18.5 Å². The largest absolute Gasteiger partial charge is 0.465 e. The third-order valence-electron chi connectivity index (χ3n) is 3.19. The Bertz CT molecular complexity index is 803. The first-order chi connectivity index (χ1) is 11.0. The maximum Gasteiger partial charge on any atom is 0.343 e. The third kappa shape index (κ3) is 3.58. The van der Waals surface area contributed by atoms with E-state index >= 15 is 0 Å². The van der Waals surface area contributed by atoms with Gasteiger partial charge in [0.15, 0.2) is 0 Å². The molecular formula is C16H13ClFN3O2. The fourth-order valence-corrected chi connectivity index (χ4v) is 2.25. The molecule has 1 N–H and O–H groups in total. The molecule has 2 aromatic rings. The minimum atomic E-state index is -0.717. The highest BCUT2D eigenvalue weighted by molar-refractivity contribution is 6.29. The van der Waals surface area contributed by atoms with E-state index in [1.54, 1.807) is 6.07 Å². The van der Waals surface area contributed by atoms with Gasteiger partial charge in [-0.15, -0.1) is 0 Å². The fraction of sp³-hybridized carbons (Fsp3) is 0.188. The number of nitriles is 1. The van der Waals surface area contributed by atoms with Crippen LogP contribution < -0.4 is 5.32 Å². The molecule has 0 fully saturated rings. The van der Waals surface area contributed by atoms with Crippen LogP contribution >= 0.6 is 11.6 Å². The molecule has 1 heterocycles. The number of esters is 1. The molecule has 23 heavy (non-hydrogen) atoms. The predicted octanol–water partition coefficient (Wildman–Crippen LogP) is 3.84. The summed E-state index contributed by atoms with van der Waals surface area (Å²) in [4.78, 5) is 16.0. The van der Waals surface area contributed by atoms with E-state index in [0.29, 0.717) is 17.7 Å². The number of carbonyl (C=O) groups excluding carboxylic acids is 1. The van der Waals surface area contributed by atoms with Crippen LogP contribution in [0.25, 0.3) is 0 Å². The zero-order chi connectivity index (χ0) is 17.0. The van der Waals surface area contributed by atoms with E-state index in [4.69, 9.17) is 11.6 Å². The number of nitrogens with zero attached hydrogens (tertiary/aromatic N) is 2. The number of ether oxygens (including phenoxy) is 1. The van der Waals surface area contributed by atoms with Crippen LogP contribution in [-0.2, 0) is 11.2 Å². The van der Waals surface area contributed by atoms with E-state index in [2.05, 4.69) is 15.0 Å². The molecule has 0 unspecified atom stereocenters. The normalized spacial score (nSPS) is 10.0. The second kappa shape index (κ2) is 7.07. The molecule has 1 aromatic heterocycles. The highest BCUT2D eigenvalue weighted by Crippen LogP contribution is 2.26. The summed E-state index contributed by atoms with van der Waals surface area (Å²) in [5.41, 5.74) is 1.04. The number of nitrogens with one attached hydrogen (secondary N) is 1. The Kier molecular flexibility index (Phi) is 5.14. The highest BCUT2D eigenvalue weighted by atomic mass is 35.5. The molecule has 0 bridgehead atoms. The van der Waals surface area contributed by atoms with Crippen LogP contribution in [0.3, 0.4) is 0 Å². The van der Waals surface area contributed by atoms with E-state index in [1.807, 2.05) is 13.0 Å². The van der Waals surface area contributed by atoms with Crippen LogP contribution in [0.2, 0.25) is 5.15 Å². The number of aromatic nitrogens is 1. The van der Waals surface area contributed by atoms with E-state index in [9.17, 15) is 14.4 Å². The van der Waals surface area contributed by atoms with Crippen LogP contribution in [-0.4, -0.2) is 18.1 Å². The molecule has 7 heteroatoms. The van der Waals surface area contributed by atoms with Crippen LogP contribution in [0.4, 0.5) is 15.9 Å². The van der Waals surface area contributed by atoms with Crippen molar-refractivity contribution >= 4 is 29.1 Å². The van der Waals surface area contributed by atoms with E-state index < -0.39 is 5.97 Å². The summed E-state index contributed by atoms with van der Waals surface area (Å²) in [6, 6.07) is 7.58. The number of anilines is 2. The zero-order valence-corrected chi connectivity index (χ0v) is 13.2. The second-order valence-corrected chi connectivity index (χ2v) is 4.99. The molecule has 2 rings (SSSR count). The maximum atomic E-state index is 13.6. The molecule has 0 aliphatic rings. The Morgan fingerprint density at radius 2 is 2.22 bits per heavy atom. The number of rotatable bonds is 4. The standard InChI is InChI=1S/C16H13ClFN3O2/c1-3-9-6-11(4-5-12(9)18)20-15-14(16(22)23-2)10(8-19)7-13(17)21-15/h4-7H,3H2,1-2H3,(H,20,21). The number of aryl methyl sites for hydroxylation is 1. The molecule has 0 aliphatic heterocycles. The summed E-state index contributed by atoms with van der Waals surface area (Å²) in [5, 5.41) is 12.1. The average molecular weight is 334 g/mol. The molecule has 1 aromatic carbocycles. The first-order valence-electron chi connectivity index (χ1n) is 6.74. The predicted molar refractivity (Wildman–Crippen MR) is 84.4 cm³/mol. The van der Waals surface area contributed by atoms with Gasteiger partial charge in [0.2, 0.25) is 0 Å². The number of hydrogen-bond donors (Lipinski definition) is 1. The first-order valence-corrected chi connectivity index (χ1v) is 7.12. The molecule has 0 spiro atoms. The topological polar surface area (TPSA) is 75.0 Å². The Hall–Kier alpha value is -2.65. The summed E-state index contributed by atoms with van der Waals surface area (Å²) >= 11 is 5.88. The summed E-state index contributed by atoms with van der Waals surface area (Å²) in [6.07, 6.45) is 0.512. The van der Waals surface area contributed by atoms with Crippen molar-refractivity contribution in [3.63, 3.8) is 0 Å². The van der Waals surface area contributed by atoms with Crippen LogP contribution in [0.5, 0.6) is 0 Å². The van der Waals surface area contributed by atoms with Crippen molar-refractivity contribution in [3.8, 4) is 6.07 Å². The molecular weight excluding hydrogens is 321 g/mol. The Morgan fingerprint density at radius 3 is 2.83 bits per heavy atom. The third-order valence-corrected chi connectivity index (χ3v) is 3.38. The van der Waals surface area contributed by atoms with Gasteiger partial charge < -0.3 is 10.1 Å². The molecule has 0 saturated carbocycles. The van der Waals surface area contributed by atoms with Gasteiger partial charge in [0.1, 0.15) is 28.4 Å². The van der Waals surface area contributed by atoms with Crippen molar-refractivity contribution < 1.29 is 13.9 Å². The lowest BCUT2D eigenvalue weighted by Crippen LogP contribution is -2.10. The van der Waals surface area contributed by atoms with Crippen molar-refractivity contribution in [2.45, 2.75) is 13.3 Å². The van der Waals surface area contributed by atoms with Crippen molar-refractivity contribution in [1.29, 1.82) is 5.26 Å². The average Bonchev–Trinajstić information content (AvgIpc) is 2.55. The van der Waals surface area contributed by atoms with Crippen molar-refractivity contribution in [2.75, 3.05) is 12.4 Å². The first kappa shape index (κ1) is 16.7. The summed E-state index contributed by atoms with van der Waals surface area (Å²) in [6.45, 7) is 1.83. The molecule has 0 aliphatic carbocycles. The minimum absolute atomic E-state index is 0.0261. The number of pyridine rings is 1. The van der Waals surface area contributed by atoms with Gasteiger partial charge in [-0.3, -0.25) is 0 Å². The van der Waals surface area contributed by atoms with Crippen molar-refractivity contribution in [3.05, 3.63) is 51.9 Å².